The molecule has 136 valence electrons. The maximum Gasteiger partial charge on any atom is 0.257 e. The Kier molecular flexibility index (Phi) is 3.93. The third-order valence-corrected chi connectivity index (χ3v) is 7.61. The fourth-order valence-corrected chi connectivity index (χ4v) is 6.92. The van der Waals surface area contributed by atoms with Crippen molar-refractivity contribution < 1.29 is 4.79 Å². The number of thiazole rings is 1. The zero-order valence-corrected chi connectivity index (χ0v) is 16.1. The van der Waals surface area contributed by atoms with Gasteiger partial charge < -0.3 is 0 Å². The normalized spacial score (nSPS) is 32.0. The van der Waals surface area contributed by atoms with Crippen molar-refractivity contribution in [3.05, 3.63) is 46.5 Å². The molecule has 4 heteroatoms. The minimum atomic E-state index is -0.0688. The van der Waals surface area contributed by atoms with Crippen LogP contribution in [0.3, 0.4) is 0 Å². The van der Waals surface area contributed by atoms with Crippen LogP contribution in [0.1, 0.15) is 60.1 Å². The summed E-state index contributed by atoms with van der Waals surface area (Å²) in [7, 11) is 0. The minimum absolute atomic E-state index is 0.0688. The molecule has 4 aliphatic rings. The van der Waals surface area contributed by atoms with Crippen molar-refractivity contribution in [2.45, 2.75) is 51.9 Å². The molecule has 4 fully saturated rings. The second-order valence-electron chi connectivity index (χ2n) is 9.06. The number of carbonyl (C=O) groups excluding carboxylic acids is 1. The molecule has 1 aromatic heterocycles. The molecule has 3 nitrogen and oxygen atoms in total. The van der Waals surface area contributed by atoms with Crippen LogP contribution in [0.5, 0.6) is 0 Å². The molecule has 2 aromatic rings. The van der Waals surface area contributed by atoms with Gasteiger partial charge in [0.05, 0.1) is 5.69 Å². The SMILES string of the molecule is Cc1ccc(C(=O)Nc2nc(CC34CC5CC(CC(C5)C3)C4)cs2)cc1. The van der Waals surface area contributed by atoms with Crippen molar-refractivity contribution in [3.63, 3.8) is 0 Å². The Hall–Kier alpha value is -1.68. The fraction of sp³-hybridized carbons (Fsp3) is 0.545. The topological polar surface area (TPSA) is 42.0 Å². The van der Waals surface area contributed by atoms with Crippen LogP contribution in [0.2, 0.25) is 0 Å². The standard InChI is InChI=1S/C22H26N2OS/c1-14-2-4-18(5-3-14)20(25)24-21-23-19(13-26-21)12-22-9-15-6-16(10-22)8-17(7-15)11-22/h2-5,13,15-17H,6-12H2,1H3,(H,23,24,25). The van der Waals surface area contributed by atoms with E-state index in [0.717, 1.165) is 34.9 Å². The smallest absolute Gasteiger partial charge is 0.257 e. The molecule has 0 atom stereocenters. The number of benzene rings is 1. The molecule has 1 heterocycles. The molecule has 6 rings (SSSR count). The molecule has 1 aromatic carbocycles. The number of anilines is 1. The molecular formula is C22H26N2OS. The molecule has 0 spiro atoms. The molecule has 26 heavy (non-hydrogen) atoms. The van der Waals surface area contributed by atoms with E-state index in [1.54, 1.807) is 11.3 Å². The van der Waals surface area contributed by atoms with E-state index in [9.17, 15) is 4.79 Å². The van der Waals surface area contributed by atoms with Gasteiger partial charge in [-0.1, -0.05) is 17.7 Å². The second-order valence-corrected chi connectivity index (χ2v) is 9.92. The van der Waals surface area contributed by atoms with Gasteiger partial charge >= 0.3 is 0 Å². The van der Waals surface area contributed by atoms with E-state index in [1.165, 1.54) is 44.2 Å². The van der Waals surface area contributed by atoms with Gasteiger partial charge in [0, 0.05) is 10.9 Å². The lowest BCUT2D eigenvalue weighted by molar-refractivity contribution is -0.0525. The summed E-state index contributed by atoms with van der Waals surface area (Å²) >= 11 is 1.56. The van der Waals surface area contributed by atoms with Crippen LogP contribution < -0.4 is 5.32 Å². The van der Waals surface area contributed by atoms with Crippen LogP contribution in [0, 0.1) is 30.1 Å². The van der Waals surface area contributed by atoms with Gasteiger partial charge in [-0.25, -0.2) is 4.98 Å². The first-order valence-electron chi connectivity index (χ1n) is 9.89. The number of hydrogen-bond acceptors (Lipinski definition) is 3. The number of nitrogens with zero attached hydrogens (tertiary/aromatic N) is 1. The van der Waals surface area contributed by atoms with Crippen LogP contribution in [-0.4, -0.2) is 10.9 Å². The molecule has 1 N–H and O–H groups in total. The second kappa shape index (κ2) is 6.19. The maximum absolute atomic E-state index is 12.4. The van der Waals surface area contributed by atoms with Crippen molar-refractivity contribution in [3.8, 4) is 0 Å². The number of rotatable bonds is 4. The van der Waals surface area contributed by atoms with Crippen molar-refractivity contribution in [2.24, 2.45) is 23.2 Å². The van der Waals surface area contributed by atoms with Crippen LogP contribution in [0.25, 0.3) is 0 Å². The van der Waals surface area contributed by atoms with Gasteiger partial charge in [0.1, 0.15) is 0 Å². The largest absolute Gasteiger partial charge is 0.298 e. The molecular weight excluding hydrogens is 340 g/mol. The summed E-state index contributed by atoms with van der Waals surface area (Å²) in [6.07, 6.45) is 9.76. The monoisotopic (exact) mass is 366 g/mol. The number of carbonyl (C=O) groups is 1. The first kappa shape index (κ1) is 16.5. The Bertz CT molecular complexity index is 788. The van der Waals surface area contributed by atoms with Gasteiger partial charge in [0.15, 0.2) is 5.13 Å². The number of amides is 1. The number of nitrogens with one attached hydrogen (secondary N) is 1. The Morgan fingerprint density at radius 2 is 1.73 bits per heavy atom. The average molecular weight is 367 g/mol. The van der Waals surface area contributed by atoms with E-state index in [-0.39, 0.29) is 5.91 Å². The van der Waals surface area contributed by atoms with Gasteiger partial charge in [-0.3, -0.25) is 10.1 Å². The molecule has 0 unspecified atom stereocenters. The summed E-state index contributed by atoms with van der Waals surface area (Å²) in [5.74, 6) is 2.85. The van der Waals surface area contributed by atoms with E-state index < -0.39 is 0 Å². The Balaban J connectivity index is 1.27. The molecule has 4 bridgehead atoms. The molecule has 4 saturated carbocycles. The minimum Gasteiger partial charge on any atom is -0.298 e. The lowest BCUT2D eigenvalue weighted by atomic mass is 9.48. The number of hydrogen-bond donors (Lipinski definition) is 1. The average Bonchev–Trinajstić information content (AvgIpc) is 3.00. The van der Waals surface area contributed by atoms with Gasteiger partial charge in [-0.2, -0.15) is 0 Å². The van der Waals surface area contributed by atoms with Crippen LogP contribution in [0.4, 0.5) is 5.13 Å². The first-order chi connectivity index (χ1) is 12.6. The predicted octanol–water partition coefficient (Wildman–Crippen LogP) is 5.46. The quantitative estimate of drug-likeness (QED) is 0.780. The Morgan fingerprint density at radius 1 is 1.12 bits per heavy atom. The summed E-state index contributed by atoms with van der Waals surface area (Å²) in [5, 5.41) is 5.86. The van der Waals surface area contributed by atoms with E-state index in [2.05, 4.69) is 10.7 Å². The van der Waals surface area contributed by atoms with E-state index in [0.29, 0.717) is 11.0 Å². The van der Waals surface area contributed by atoms with Crippen LogP contribution >= 0.6 is 11.3 Å². The van der Waals surface area contributed by atoms with Gasteiger partial charge in [-0.05, 0) is 87.2 Å². The van der Waals surface area contributed by atoms with E-state index >= 15 is 0 Å². The highest BCUT2D eigenvalue weighted by atomic mass is 32.1. The summed E-state index contributed by atoms with van der Waals surface area (Å²) < 4.78 is 0. The lowest BCUT2D eigenvalue weighted by Crippen LogP contribution is -2.47. The summed E-state index contributed by atoms with van der Waals surface area (Å²) in [5.41, 5.74) is 3.53. The van der Waals surface area contributed by atoms with Crippen LogP contribution in [-0.2, 0) is 6.42 Å². The van der Waals surface area contributed by atoms with Crippen molar-refractivity contribution in [1.29, 1.82) is 0 Å². The zero-order valence-electron chi connectivity index (χ0n) is 15.3. The zero-order chi connectivity index (χ0) is 17.7. The van der Waals surface area contributed by atoms with Gasteiger partial charge in [-0.15, -0.1) is 11.3 Å². The van der Waals surface area contributed by atoms with Crippen molar-refractivity contribution in [2.75, 3.05) is 5.32 Å². The first-order valence-corrected chi connectivity index (χ1v) is 10.8. The van der Waals surface area contributed by atoms with Crippen molar-refractivity contribution >= 4 is 22.4 Å². The molecule has 0 saturated heterocycles. The van der Waals surface area contributed by atoms with Crippen molar-refractivity contribution in [1.82, 2.24) is 4.98 Å². The van der Waals surface area contributed by atoms with E-state index in [4.69, 9.17) is 4.98 Å². The number of aryl methyl sites for hydroxylation is 1. The summed E-state index contributed by atoms with van der Waals surface area (Å²) in [6.45, 7) is 2.03. The maximum atomic E-state index is 12.4. The fourth-order valence-electron chi connectivity index (χ4n) is 6.21. The molecule has 1 amide bonds. The Morgan fingerprint density at radius 3 is 2.35 bits per heavy atom. The highest BCUT2D eigenvalue weighted by molar-refractivity contribution is 7.14. The van der Waals surface area contributed by atoms with Gasteiger partial charge in [0.25, 0.3) is 5.91 Å². The summed E-state index contributed by atoms with van der Waals surface area (Å²) in [6, 6.07) is 7.67. The molecule has 0 radical (unpaired) electrons. The third-order valence-electron chi connectivity index (χ3n) is 6.81. The van der Waals surface area contributed by atoms with Gasteiger partial charge in [0.2, 0.25) is 0 Å². The highest BCUT2D eigenvalue weighted by Crippen LogP contribution is 2.61. The molecule has 0 aliphatic heterocycles. The van der Waals surface area contributed by atoms with E-state index in [1.807, 2.05) is 31.2 Å². The number of aromatic nitrogens is 1. The lowest BCUT2D eigenvalue weighted by Gasteiger charge is -2.56. The predicted molar refractivity (Wildman–Crippen MR) is 106 cm³/mol. The Labute approximate surface area is 159 Å². The third kappa shape index (κ3) is 3.09. The van der Waals surface area contributed by atoms with Crippen LogP contribution in [0.15, 0.2) is 29.6 Å². The highest BCUT2D eigenvalue weighted by Gasteiger charge is 2.50. The molecule has 4 aliphatic carbocycles. The summed E-state index contributed by atoms with van der Waals surface area (Å²) in [4.78, 5) is 17.2.